The lowest BCUT2D eigenvalue weighted by molar-refractivity contribution is 0.102. The number of nitrogens with one attached hydrogen (secondary N) is 1. The highest BCUT2D eigenvalue weighted by Crippen LogP contribution is 2.38. The minimum Gasteiger partial charge on any atom is -0.493 e. The molecule has 0 aliphatic heterocycles. The molecule has 25 heavy (non-hydrogen) atoms. The number of amides is 1. The number of carbonyl (C=O) groups is 1. The number of hydrogen-bond acceptors (Lipinski definition) is 6. The maximum Gasteiger partial charge on any atom is 0.276 e. The number of anilines is 1. The molecule has 0 unspecified atom stereocenters. The van der Waals surface area contributed by atoms with Crippen LogP contribution >= 0.6 is 22.9 Å². The minimum atomic E-state index is -0.348. The molecule has 0 saturated carbocycles. The number of para-hydroxylation sites is 1. The van der Waals surface area contributed by atoms with Gasteiger partial charge in [-0.05, 0) is 24.3 Å². The molecule has 2 heterocycles. The SMILES string of the molecule is COc1cccc(-c2nc(C(=O)Nc3ccc(Cl)cn3)cs2)c1OC. The molecule has 0 aliphatic carbocycles. The van der Waals surface area contributed by atoms with E-state index in [1.807, 2.05) is 12.1 Å². The van der Waals surface area contributed by atoms with Gasteiger partial charge in [0, 0.05) is 11.6 Å². The van der Waals surface area contributed by atoms with E-state index in [2.05, 4.69) is 15.3 Å². The average Bonchev–Trinajstić information content (AvgIpc) is 3.13. The lowest BCUT2D eigenvalue weighted by Gasteiger charge is -2.10. The molecule has 3 aromatic rings. The molecular formula is C17H14ClN3O3S. The molecular weight excluding hydrogens is 362 g/mol. The zero-order valence-corrected chi connectivity index (χ0v) is 15.0. The largest absolute Gasteiger partial charge is 0.493 e. The number of benzene rings is 1. The molecule has 0 bridgehead atoms. The molecule has 6 nitrogen and oxygen atoms in total. The van der Waals surface area contributed by atoms with Gasteiger partial charge in [0.25, 0.3) is 5.91 Å². The van der Waals surface area contributed by atoms with Crippen LogP contribution in [0.3, 0.4) is 0 Å². The number of thiazole rings is 1. The van der Waals surface area contributed by atoms with Crippen LogP contribution in [0.25, 0.3) is 10.6 Å². The summed E-state index contributed by atoms with van der Waals surface area (Å²) >= 11 is 7.13. The minimum absolute atomic E-state index is 0.293. The van der Waals surface area contributed by atoms with Gasteiger partial charge in [0.05, 0.1) is 24.8 Å². The third-order valence-corrected chi connectivity index (χ3v) is 4.44. The number of hydrogen-bond donors (Lipinski definition) is 1. The van der Waals surface area contributed by atoms with Crippen LogP contribution in [0.2, 0.25) is 5.02 Å². The molecule has 0 saturated heterocycles. The third-order valence-electron chi connectivity index (χ3n) is 3.34. The van der Waals surface area contributed by atoms with Crippen molar-refractivity contribution in [3.63, 3.8) is 0 Å². The number of methoxy groups -OCH3 is 2. The summed E-state index contributed by atoms with van der Waals surface area (Å²) in [6.07, 6.45) is 1.46. The van der Waals surface area contributed by atoms with E-state index in [0.717, 1.165) is 5.56 Å². The first-order valence-electron chi connectivity index (χ1n) is 7.22. The summed E-state index contributed by atoms with van der Waals surface area (Å²) in [7, 11) is 3.14. The molecule has 0 atom stereocenters. The van der Waals surface area contributed by atoms with Crippen molar-refractivity contribution in [1.29, 1.82) is 0 Å². The number of pyridine rings is 1. The molecule has 3 rings (SSSR count). The van der Waals surface area contributed by atoms with Gasteiger partial charge in [0.2, 0.25) is 0 Å². The molecule has 128 valence electrons. The normalized spacial score (nSPS) is 10.4. The van der Waals surface area contributed by atoms with Crippen LogP contribution in [0, 0.1) is 0 Å². The van der Waals surface area contributed by atoms with Crippen molar-refractivity contribution in [2.24, 2.45) is 0 Å². The summed E-state index contributed by atoms with van der Waals surface area (Å²) in [5.74, 6) is 1.24. The number of carbonyl (C=O) groups excluding carboxylic acids is 1. The Labute approximate surface area is 153 Å². The van der Waals surface area contributed by atoms with Gasteiger partial charge in [-0.15, -0.1) is 11.3 Å². The van der Waals surface area contributed by atoms with Crippen molar-refractivity contribution in [1.82, 2.24) is 9.97 Å². The maximum absolute atomic E-state index is 12.3. The van der Waals surface area contributed by atoms with Gasteiger partial charge >= 0.3 is 0 Å². The van der Waals surface area contributed by atoms with Crippen LogP contribution < -0.4 is 14.8 Å². The Bertz CT molecular complexity index is 896. The number of nitrogens with zero attached hydrogens (tertiary/aromatic N) is 2. The van der Waals surface area contributed by atoms with Crippen LogP contribution in [0.4, 0.5) is 5.82 Å². The fraction of sp³-hybridized carbons (Fsp3) is 0.118. The third kappa shape index (κ3) is 3.72. The summed E-state index contributed by atoms with van der Waals surface area (Å²) < 4.78 is 10.7. The van der Waals surface area contributed by atoms with E-state index in [4.69, 9.17) is 21.1 Å². The highest BCUT2D eigenvalue weighted by molar-refractivity contribution is 7.13. The Morgan fingerprint density at radius 1 is 1.20 bits per heavy atom. The van der Waals surface area contributed by atoms with Crippen molar-refractivity contribution in [2.45, 2.75) is 0 Å². The first kappa shape index (κ1) is 17.2. The van der Waals surface area contributed by atoms with Gasteiger partial charge in [0.15, 0.2) is 11.5 Å². The second-order valence-electron chi connectivity index (χ2n) is 4.89. The van der Waals surface area contributed by atoms with Gasteiger partial charge in [-0.25, -0.2) is 9.97 Å². The molecule has 0 aliphatic rings. The number of halogens is 1. The lowest BCUT2D eigenvalue weighted by Crippen LogP contribution is -2.13. The van der Waals surface area contributed by atoms with E-state index < -0.39 is 0 Å². The van der Waals surface area contributed by atoms with E-state index >= 15 is 0 Å². The Morgan fingerprint density at radius 2 is 2.04 bits per heavy atom. The van der Waals surface area contributed by atoms with Crippen LogP contribution in [-0.2, 0) is 0 Å². The van der Waals surface area contributed by atoms with Crippen LogP contribution in [-0.4, -0.2) is 30.1 Å². The summed E-state index contributed by atoms with van der Waals surface area (Å²) in [5.41, 5.74) is 1.05. The Kier molecular flexibility index (Phi) is 5.16. The molecule has 8 heteroatoms. The van der Waals surface area contributed by atoms with Crippen molar-refractivity contribution >= 4 is 34.7 Å². The highest BCUT2D eigenvalue weighted by Gasteiger charge is 2.17. The Hall–Kier alpha value is -2.64. The monoisotopic (exact) mass is 375 g/mol. The van der Waals surface area contributed by atoms with Gasteiger partial charge in [0.1, 0.15) is 16.5 Å². The predicted octanol–water partition coefficient (Wildman–Crippen LogP) is 4.13. The molecule has 2 aromatic heterocycles. The first-order valence-corrected chi connectivity index (χ1v) is 8.48. The Morgan fingerprint density at radius 3 is 2.72 bits per heavy atom. The predicted molar refractivity (Wildman–Crippen MR) is 97.9 cm³/mol. The second kappa shape index (κ2) is 7.50. The summed E-state index contributed by atoms with van der Waals surface area (Å²) in [6.45, 7) is 0. The van der Waals surface area contributed by atoms with Crippen LogP contribution in [0.5, 0.6) is 11.5 Å². The standard InChI is InChI=1S/C17H14ClN3O3S/c1-23-13-5-3-4-11(15(13)24-2)17-20-12(9-25-17)16(22)21-14-7-6-10(18)8-19-14/h3-9H,1-2H3,(H,19,21,22). The smallest absolute Gasteiger partial charge is 0.276 e. The number of rotatable bonds is 5. The van der Waals surface area contributed by atoms with E-state index in [0.29, 0.717) is 33.0 Å². The number of ether oxygens (including phenoxy) is 2. The topological polar surface area (TPSA) is 73.3 Å². The fourth-order valence-corrected chi connectivity index (χ4v) is 3.12. The molecule has 0 radical (unpaired) electrons. The highest BCUT2D eigenvalue weighted by atomic mass is 35.5. The van der Waals surface area contributed by atoms with Gasteiger partial charge in [-0.2, -0.15) is 0 Å². The fourth-order valence-electron chi connectivity index (χ4n) is 2.19. The van der Waals surface area contributed by atoms with Crippen LogP contribution in [0.1, 0.15) is 10.5 Å². The van der Waals surface area contributed by atoms with Crippen molar-refractivity contribution in [3.8, 4) is 22.1 Å². The van der Waals surface area contributed by atoms with Crippen molar-refractivity contribution in [3.05, 3.63) is 52.6 Å². The first-order chi connectivity index (χ1) is 12.1. The maximum atomic E-state index is 12.3. The molecule has 1 aromatic carbocycles. The van der Waals surface area contributed by atoms with Gasteiger partial charge in [-0.3, -0.25) is 4.79 Å². The molecule has 0 fully saturated rings. The molecule has 1 amide bonds. The number of aromatic nitrogens is 2. The van der Waals surface area contributed by atoms with E-state index in [9.17, 15) is 4.79 Å². The van der Waals surface area contributed by atoms with E-state index in [-0.39, 0.29) is 5.91 Å². The summed E-state index contributed by atoms with van der Waals surface area (Å²) in [5, 5.41) is 5.52. The summed E-state index contributed by atoms with van der Waals surface area (Å²) in [6, 6.07) is 8.78. The van der Waals surface area contributed by atoms with Gasteiger partial charge in [-0.1, -0.05) is 17.7 Å². The van der Waals surface area contributed by atoms with Crippen molar-refractivity contribution in [2.75, 3.05) is 19.5 Å². The van der Waals surface area contributed by atoms with Crippen LogP contribution in [0.15, 0.2) is 41.9 Å². The summed E-state index contributed by atoms with van der Waals surface area (Å²) in [4.78, 5) is 20.8. The molecule has 0 spiro atoms. The molecule has 1 N–H and O–H groups in total. The zero-order valence-electron chi connectivity index (χ0n) is 13.4. The average molecular weight is 376 g/mol. The van der Waals surface area contributed by atoms with Crippen molar-refractivity contribution < 1.29 is 14.3 Å². The zero-order chi connectivity index (χ0) is 17.8. The quantitative estimate of drug-likeness (QED) is 0.725. The Balaban J connectivity index is 1.85. The lowest BCUT2D eigenvalue weighted by atomic mass is 10.2. The van der Waals surface area contributed by atoms with Gasteiger partial charge < -0.3 is 14.8 Å². The van der Waals surface area contributed by atoms with E-state index in [1.54, 1.807) is 37.8 Å². The second-order valence-corrected chi connectivity index (χ2v) is 6.19. The van der Waals surface area contributed by atoms with E-state index in [1.165, 1.54) is 17.5 Å².